The van der Waals surface area contributed by atoms with Gasteiger partial charge in [0.1, 0.15) is 6.54 Å². The summed E-state index contributed by atoms with van der Waals surface area (Å²) in [6.07, 6.45) is 0.523. The first-order valence-electron chi connectivity index (χ1n) is 5.68. The lowest BCUT2D eigenvalue weighted by Crippen LogP contribution is -2.28. The number of likely N-dealkylation sites (N-methyl/N-ethyl adjacent to an activating group) is 1. The molecule has 1 aromatic rings. The number of hydrogen-bond acceptors (Lipinski definition) is 4. The molecule has 0 aromatic carbocycles. The molecule has 0 saturated carbocycles. The van der Waals surface area contributed by atoms with Gasteiger partial charge in [-0.25, -0.2) is 9.48 Å². The Morgan fingerprint density at radius 2 is 2.00 bits per heavy atom. The second kappa shape index (κ2) is 5.61. The maximum atomic E-state index is 11.6. The van der Waals surface area contributed by atoms with Crippen LogP contribution in [0.4, 0.5) is 0 Å². The lowest BCUT2D eigenvalue weighted by Gasteiger charge is -2.12. The van der Waals surface area contributed by atoms with E-state index in [1.54, 1.807) is 14.1 Å². The molecular formula is C11H18N4O3. The summed E-state index contributed by atoms with van der Waals surface area (Å²) < 4.78 is 1.37. The van der Waals surface area contributed by atoms with Crippen molar-refractivity contribution in [1.29, 1.82) is 0 Å². The van der Waals surface area contributed by atoms with Crippen LogP contribution in [0.2, 0.25) is 0 Å². The number of carbonyl (C=O) groups is 2. The third kappa shape index (κ3) is 3.28. The van der Waals surface area contributed by atoms with Crippen LogP contribution < -0.4 is 0 Å². The number of nitrogens with zero attached hydrogens (tertiary/aromatic N) is 4. The van der Waals surface area contributed by atoms with Gasteiger partial charge in [0.05, 0.1) is 5.69 Å². The van der Waals surface area contributed by atoms with E-state index in [4.69, 9.17) is 5.11 Å². The predicted molar refractivity (Wildman–Crippen MR) is 64.2 cm³/mol. The molecule has 0 saturated heterocycles. The van der Waals surface area contributed by atoms with Crippen LogP contribution in [0.25, 0.3) is 0 Å². The summed E-state index contributed by atoms with van der Waals surface area (Å²) in [6.45, 7) is 3.95. The molecule has 7 heteroatoms. The number of carbonyl (C=O) groups excluding carboxylic acids is 1. The molecule has 0 unspecified atom stereocenters. The normalized spacial score (nSPS) is 10.7. The van der Waals surface area contributed by atoms with Crippen LogP contribution in [0.5, 0.6) is 0 Å². The first kappa shape index (κ1) is 14.1. The van der Waals surface area contributed by atoms with Crippen molar-refractivity contribution in [2.75, 3.05) is 14.1 Å². The molecule has 0 bridgehead atoms. The molecular weight excluding hydrogens is 236 g/mol. The molecule has 0 aliphatic carbocycles. The zero-order valence-electron chi connectivity index (χ0n) is 11.0. The number of aromatic carboxylic acids is 1. The Bertz CT molecular complexity index is 451. The van der Waals surface area contributed by atoms with Gasteiger partial charge >= 0.3 is 5.97 Å². The van der Waals surface area contributed by atoms with Crippen molar-refractivity contribution in [3.05, 3.63) is 11.4 Å². The van der Waals surface area contributed by atoms with Gasteiger partial charge in [0, 0.05) is 14.1 Å². The molecule has 1 heterocycles. The van der Waals surface area contributed by atoms with Crippen LogP contribution in [-0.4, -0.2) is 51.0 Å². The number of hydrogen-bond donors (Lipinski definition) is 1. The summed E-state index contributed by atoms with van der Waals surface area (Å²) in [5.74, 6) is -1.01. The average Bonchev–Trinajstić information content (AvgIpc) is 2.60. The lowest BCUT2D eigenvalue weighted by molar-refractivity contribution is -0.129. The van der Waals surface area contributed by atoms with E-state index in [2.05, 4.69) is 10.3 Å². The minimum absolute atomic E-state index is 0.00926. The van der Waals surface area contributed by atoms with E-state index in [-0.39, 0.29) is 24.1 Å². The van der Waals surface area contributed by atoms with E-state index in [0.29, 0.717) is 12.1 Å². The highest BCUT2D eigenvalue weighted by Gasteiger charge is 2.21. The van der Waals surface area contributed by atoms with Crippen molar-refractivity contribution >= 4 is 11.9 Å². The molecule has 0 fully saturated rings. The average molecular weight is 254 g/mol. The molecule has 0 aliphatic rings. The van der Waals surface area contributed by atoms with Crippen LogP contribution in [0.1, 0.15) is 30.0 Å². The van der Waals surface area contributed by atoms with Crippen molar-refractivity contribution < 1.29 is 14.7 Å². The molecule has 0 radical (unpaired) electrons. The number of carboxylic acids is 1. The fourth-order valence-corrected chi connectivity index (χ4v) is 1.48. The molecule has 1 rings (SSSR count). The maximum Gasteiger partial charge on any atom is 0.358 e. The van der Waals surface area contributed by atoms with Crippen molar-refractivity contribution in [3.63, 3.8) is 0 Å². The van der Waals surface area contributed by atoms with Crippen molar-refractivity contribution in [2.24, 2.45) is 5.92 Å². The van der Waals surface area contributed by atoms with Crippen molar-refractivity contribution in [1.82, 2.24) is 19.9 Å². The fourth-order valence-electron chi connectivity index (χ4n) is 1.48. The minimum Gasteiger partial charge on any atom is -0.476 e. The standard InChI is InChI=1S/C11H18N4O3/c1-7(2)5-8-10(11(17)18)12-13-15(8)6-9(16)14(3)4/h7H,5-6H2,1-4H3,(H,17,18). The number of amides is 1. The third-order valence-electron chi connectivity index (χ3n) is 2.43. The first-order valence-corrected chi connectivity index (χ1v) is 5.68. The first-order chi connectivity index (χ1) is 8.32. The molecule has 1 amide bonds. The molecule has 0 aliphatic heterocycles. The van der Waals surface area contributed by atoms with E-state index in [1.807, 2.05) is 13.8 Å². The molecule has 1 N–H and O–H groups in total. The molecule has 0 atom stereocenters. The lowest BCUT2D eigenvalue weighted by atomic mass is 10.1. The Labute approximate surface area is 105 Å². The zero-order valence-corrected chi connectivity index (χ0v) is 11.0. The van der Waals surface area contributed by atoms with E-state index < -0.39 is 5.97 Å². The molecule has 18 heavy (non-hydrogen) atoms. The highest BCUT2D eigenvalue weighted by Crippen LogP contribution is 2.12. The summed E-state index contributed by atoms with van der Waals surface area (Å²) in [5.41, 5.74) is 0.419. The van der Waals surface area contributed by atoms with Crippen LogP contribution in [0.3, 0.4) is 0 Å². The quantitative estimate of drug-likeness (QED) is 0.814. The van der Waals surface area contributed by atoms with Gasteiger partial charge in [0.2, 0.25) is 5.91 Å². The van der Waals surface area contributed by atoms with E-state index in [1.165, 1.54) is 9.58 Å². The smallest absolute Gasteiger partial charge is 0.358 e. The number of aromatic nitrogens is 3. The van der Waals surface area contributed by atoms with Gasteiger partial charge in [0.15, 0.2) is 5.69 Å². The number of carboxylic acid groups (broad SMARTS) is 1. The monoisotopic (exact) mass is 254 g/mol. The van der Waals surface area contributed by atoms with Gasteiger partial charge in [-0.2, -0.15) is 0 Å². The number of rotatable bonds is 5. The second-order valence-corrected chi connectivity index (χ2v) is 4.73. The predicted octanol–water partition coefficient (Wildman–Crippen LogP) is 0.263. The van der Waals surface area contributed by atoms with Crippen LogP contribution in [-0.2, 0) is 17.8 Å². The van der Waals surface area contributed by atoms with Gasteiger partial charge in [0.25, 0.3) is 0 Å². The molecule has 100 valence electrons. The highest BCUT2D eigenvalue weighted by atomic mass is 16.4. The highest BCUT2D eigenvalue weighted by molar-refractivity contribution is 5.86. The fraction of sp³-hybridized carbons (Fsp3) is 0.636. The maximum absolute atomic E-state index is 11.6. The summed E-state index contributed by atoms with van der Waals surface area (Å²) >= 11 is 0. The Balaban J connectivity index is 3.04. The summed E-state index contributed by atoms with van der Waals surface area (Å²) in [6, 6.07) is 0. The van der Waals surface area contributed by atoms with Gasteiger partial charge in [-0.1, -0.05) is 19.1 Å². The SMILES string of the molecule is CC(C)Cc1c(C(=O)O)nnn1CC(=O)N(C)C. The van der Waals surface area contributed by atoms with Gasteiger partial charge in [-0.05, 0) is 12.3 Å². The van der Waals surface area contributed by atoms with Crippen molar-refractivity contribution in [3.8, 4) is 0 Å². The Morgan fingerprint density at radius 1 is 1.39 bits per heavy atom. The molecule has 1 aromatic heterocycles. The molecule has 7 nitrogen and oxygen atoms in total. The topological polar surface area (TPSA) is 88.3 Å². The minimum atomic E-state index is -1.12. The Morgan fingerprint density at radius 3 is 2.44 bits per heavy atom. The van der Waals surface area contributed by atoms with E-state index >= 15 is 0 Å². The molecule has 0 spiro atoms. The van der Waals surface area contributed by atoms with E-state index in [9.17, 15) is 9.59 Å². The van der Waals surface area contributed by atoms with Crippen molar-refractivity contribution in [2.45, 2.75) is 26.8 Å². The largest absolute Gasteiger partial charge is 0.476 e. The van der Waals surface area contributed by atoms with Gasteiger partial charge in [-0.15, -0.1) is 5.10 Å². The third-order valence-corrected chi connectivity index (χ3v) is 2.43. The van der Waals surface area contributed by atoms with Crippen LogP contribution >= 0.6 is 0 Å². The van der Waals surface area contributed by atoms with E-state index in [0.717, 1.165) is 0 Å². The summed E-state index contributed by atoms with van der Waals surface area (Å²) in [5, 5.41) is 16.4. The zero-order chi connectivity index (χ0) is 13.9. The van der Waals surface area contributed by atoms with Crippen LogP contribution in [0.15, 0.2) is 0 Å². The Kier molecular flexibility index (Phi) is 4.41. The Hall–Kier alpha value is -1.92. The summed E-state index contributed by atoms with van der Waals surface area (Å²) in [7, 11) is 3.28. The van der Waals surface area contributed by atoms with Gasteiger partial charge in [-0.3, -0.25) is 4.79 Å². The summed E-state index contributed by atoms with van der Waals surface area (Å²) in [4.78, 5) is 24.1. The second-order valence-electron chi connectivity index (χ2n) is 4.73. The van der Waals surface area contributed by atoms with Gasteiger partial charge < -0.3 is 10.0 Å². The van der Waals surface area contributed by atoms with Crippen LogP contribution in [0, 0.1) is 5.92 Å².